The van der Waals surface area contributed by atoms with Crippen LogP contribution in [0.25, 0.3) is 0 Å². The molecule has 0 amide bonds. The van der Waals surface area contributed by atoms with Gasteiger partial charge in [-0.25, -0.2) is 4.98 Å². The average molecular weight is 353 g/mol. The van der Waals surface area contributed by atoms with E-state index in [1.807, 2.05) is 30.6 Å². The molecule has 1 fully saturated rings. The standard InChI is InChI=1S/C15H17ClN4S2/c16-13-3-1-2-12(8-13)11-21-22-15-10-18-9-14(19-15)20-6-4-17-5-7-20/h1-3,8-10,17H,4-7,11H2. The normalized spacial score (nSPS) is 15.0. The molecule has 1 aromatic heterocycles. The fraction of sp³-hybridized carbons (Fsp3) is 0.333. The van der Waals surface area contributed by atoms with Gasteiger partial charge in [0.1, 0.15) is 10.8 Å². The number of piperazine rings is 1. The lowest BCUT2D eigenvalue weighted by atomic mass is 10.2. The lowest BCUT2D eigenvalue weighted by molar-refractivity contribution is 0.583. The summed E-state index contributed by atoms with van der Waals surface area (Å²) in [5.41, 5.74) is 1.22. The first-order valence-corrected chi connectivity index (χ1v) is 9.82. The van der Waals surface area contributed by atoms with Crippen molar-refractivity contribution in [3.8, 4) is 0 Å². The lowest BCUT2D eigenvalue weighted by Crippen LogP contribution is -2.43. The molecule has 0 saturated carbocycles. The van der Waals surface area contributed by atoms with Crippen LogP contribution in [0.4, 0.5) is 5.82 Å². The molecule has 0 bridgehead atoms. The number of nitrogens with one attached hydrogen (secondary N) is 1. The van der Waals surface area contributed by atoms with Crippen molar-refractivity contribution >= 4 is 39.0 Å². The van der Waals surface area contributed by atoms with E-state index >= 15 is 0 Å². The highest BCUT2D eigenvalue weighted by Gasteiger charge is 2.12. The van der Waals surface area contributed by atoms with Crippen LogP contribution in [-0.4, -0.2) is 36.1 Å². The molecule has 0 radical (unpaired) electrons. The van der Waals surface area contributed by atoms with Crippen molar-refractivity contribution in [1.82, 2.24) is 15.3 Å². The van der Waals surface area contributed by atoms with E-state index in [0.29, 0.717) is 0 Å². The fourth-order valence-electron chi connectivity index (χ4n) is 2.21. The Hall–Kier alpha value is -0.950. The molecule has 3 rings (SSSR count). The summed E-state index contributed by atoms with van der Waals surface area (Å²) in [5.74, 6) is 1.86. The van der Waals surface area contributed by atoms with E-state index in [0.717, 1.165) is 47.8 Å². The molecule has 1 aromatic carbocycles. The Morgan fingerprint density at radius 2 is 2.09 bits per heavy atom. The first-order valence-electron chi connectivity index (χ1n) is 7.13. The van der Waals surface area contributed by atoms with Crippen LogP contribution in [0.1, 0.15) is 5.56 Å². The predicted molar refractivity (Wildman–Crippen MR) is 95.7 cm³/mol. The van der Waals surface area contributed by atoms with E-state index in [2.05, 4.69) is 21.3 Å². The first-order chi connectivity index (χ1) is 10.8. The van der Waals surface area contributed by atoms with Gasteiger partial charge >= 0.3 is 0 Å². The maximum absolute atomic E-state index is 6.00. The second-order valence-electron chi connectivity index (χ2n) is 4.93. The number of nitrogens with zero attached hydrogens (tertiary/aromatic N) is 3. The molecule has 2 aromatic rings. The minimum Gasteiger partial charge on any atom is -0.353 e. The van der Waals surface area contributed by atoms with Gasteiger partial charge in [-0.15, -0.1) is 0 Å². The third kappa shape index (κ3) is 4.52. The first kappa shape index (κ1) is 15.9. The summed E-state index contributed by atoms with van der Waals surface area (Å²) in [6, 6.07) is 7.96. The third-order valence-corrected chi connectivity index (χ3v) is 5.69. The Labute approximate surface area is 143 Å². The van der Waals surface area contributed by atoms with Crippen molar-refractivity contribution in [3.05, 3.63) is 47.2 Å². The molecular weight excluding hydrogens is 336 g/mol. The maximum Gasteiger partial charge on any atom is 0.148 e. The predicted octanol–water partition coefficient (Wildman–Crippen LogP) is 3.48. The number of aromatic nitrogens is 2. The molecule has 1 N–H and O–H groups in total. The number of hydrogen-bond acceptors (Lipinski definition) is 6. The van der Waals surface area contributed by atoms with Gasteiger partial charge in [-0.05, 0) is 28.5 Å². The molecule has 22 heavy (non-hydrogen) atoms. The highest BCUT2D eigenvalue weighted by molar-refractivity contribution is 8.76. The van der Waals surface area contributed by atoms with E-state index in [1.165, 1.54) is 5.56 Å². The van der Waals surface area contributed by atoms with E-state index < -0.39 is 0 Å². The molecule has 4 nitrogen and oxygen atoms in total. The summed E-state index contributed by atoms with van der Waals surface area (Å²) in [4.78, 5) is 11.3. The zero-order valence-corrected chi connectivity index (χ0v) is 14.4. The molecule has 0 spiro atoms. The third-order valence-electron chi connectivity index (χ3n) is 3.30. The van der Waals surface area contributed by atoms with Gasteiger partial charge in [-0.1, -0.05) is 34.5 Å². The maximum atomic E-state index is 6.00. The number of halogens is 1. The van der Waals surface area contributed by atoms with E-state index in [4.69, 9.17) is 16.6 Å². The van der Waals surface area contributed by atoms with Crippen LogP contribution < -0.4 is 10.2 Å². The van der Waals surface area contributed by atoms with Crippen LogP contribution in [0.15, 0.2) is 41.7 Å². The molecular formula is C15H17ClN4S2. The van der Waals surface area contributed by atoms with Crippen LogP contribution in [0.5, 0.6) is 0 Å². The van der Waals surface area contributed by atoms with Gasteiger partial charge in [-0.2, -0.15) is 0 Å². The summed E-state index contributed by atoms with van der Waals surface area (Å²) in [7, 11) is 3.41. The van der Waals surface area contributed by atoms with Crippen molar-refractivity contribution in [2.75, 3.05) is 31.1 Å². The minimum atomic E-state index is 0.781. The Morgan fingerprint density at radius 3 is 2.91 bits per heavy atom. The zero-order valence-electron chi connectivity index (χ0n) is 12.0. The van der Waals surface area contributed by atoms with E-state index in [9.17, 15) is 0 Å². The number of anilines is 1. The summed E-state index contributed by atoms with van der Waals surface area (Å²) in [5, 5.41) is 5.07. The molecule has 1 aliphatic heterocycles. The van der Waals surface area contributed by atoms with Crippen LogP contribution in [-0.2, 0) is 5.75 Å². The fourth-order valence-corrected chi connectivity index (χ4v) is 4.34. The van der Waals surface area contributed by atoms with Gasteiger partial charge in [-0.3, -0.25) is 4.98 Å². The average Bonchev–Trinajstić information content (AvgIpc) is 2.56. The Bertz CT molecular complexity index is 620. The van der Waals surface area contributed by atoms with Gasteiger partial charge in [0.2, 0.25) is 0 Å². The quantitative estimate of drug-likeness (QED) is 0.831. The number of benzene rings is 1. The van der Waals surface area contributed by atoms with Gasteiger partial charge < -0.3 is 10.2 Å². The molecule has 1 aliphatic rings. The molecule has 7 heteroatoms. The lowest BCUT2D eigenvalue weighted by Gasteiger charge is -2.28. The van der Waals surface area contributed by atoms with Crippen LogP contribution >= 0.6 is 33.2 Å². The van der Waals surface area contributed by atoms with Crippen molar-refractivity contribution in [3.63, 3.8) is 0 Å². The minimum absolute atomic E-state index is 0.781. The van der Waals surface area contributed by atoms with E-state index in [-0.39, 0.29) is 0 Å². The monoisotopic (exact) mass is 352 g/mol. The van der Waals surface area contributed by atoms with Crippen LogP contribution in [0.3, 0.4) is 0 Å². The van der Waals surface area contributed by atoms with Gasteiger partial charge in [0.25, 0.3) is 0 Å². The smallest absolute Gasteiger partial charge is 0.148 e. The second-order valence-corrected chi connectivity index (χ2v) is 7.68. The highest BCUT2D eigenvalue weighted by Crippen LogP contribution is 2.33. The Morgan fingerprint density at radius 1 is 1.23 bits per heavy atom. The van der Waals surface area contributed by atoms with Crippen molar-refractivity contribution in [1.29, 1.82) is 0 Å². The van der Waals surface area contributed by atoms with E-state index in [1.54, 1.807) is 21.6 Å². The molecule has 0 unspecified atom stereocenters. The molecule has 2 heterocycles. The van der Waals surface area contributed by atoms with Crippen molar-refractivity contribution in [2.45, 2.75) is 10.8 Å². The van der Waals surface area contributed by atoms with Crippen molar-refractivity contribution in [2.24, 2.45) is 0 Å². The zero-order chi connectivity index (χ0) is 15.2. The largest absolute Gasteiger partial charge is 0.353 e. The summed E-state index contributed by atoms with van der Waals surface area (Å²) in [6.07, 6.45) is 3.67. The summed E-state index contributed by atoms with van der Waals surface area (Å²) < 4.78 is 0. The molecule has 0 aliphatic carbocycles. The second kappa shape index (κ2) is 8.06. The van der Waals surface area contributed by atoms with Gasteiger partial charge in [0.05, 0.1) is 12.4 Å². The van der Waals surface area contributed by atoms with Crippen LogP contribution in [0.2, 0.25) is 5.02 Å². The number of rotatable bonds is 5. The Kier molecular flexibility index (Phi) is 5.83. The van der Waals surface area contributed by atoms with Gasteiger partial charge in [0, 0.05) is 37.0 Å². The molecule has 1 saturated heterocycles. The number of hydrogen-bond donors (Lipinski definition) is 1. The summed E-state index contributed by atoms with van der Waals surface area (Å²) >= 11 is 6.00. The van der Waals surface area contributed by atoms with Gasteiger partial charge in [0.15, 0.2) is 0 Å². The molecule has 0 atom stereocenters. The topological polar surface area (TPSA) is 41.1 Å². The van der Waals surface area contributed by atoms with Crippen LogP contribution in [0, 0.1) is 0 Å². The summed E-state index contributed by atoms with van der Waals surface area (Å²) in [6.45, 7) is 3.97. The highest BCUT2D eigenvalue weighted by atomic mass is 35.5. The van der Waals surface area contributed by atoms with Crippen molar-refractivity contribution < 1.29 is 0 Å². The Balaban J connectivity index is 1.56. The molecule has 116 valence electrons. The SMILES string of the molecule is Clc1cccc(CSSc2cncc(N3CCNCC3)n2)c1.